The maximum atomic E-state index is 9.47. The first-order chi connectivity index (χ1) is 8.25. The molecule has 1 aliphatic carbocycles. The summed E-state index contributed by atoms with van der Waals surface area (Å²) < 4.78 is 3.14. The van der Waals surface area contributed by atoms with Crippen molar-refractivity contribution in [3.05, 3.63) is 33.8 Å². The molecule has 1 fully saturated rings. The first-order valence-corrected chi connectivity index (χ1v) is 6.87. The minimum Gasteiger partial charge on any atom is -0.295 e. The molecule has 4 heteroatoms. The SMILES string of the molecule is N#CC1(c2ccn3c(I)cnc3c2)CCCC1. The summed E-state index contributed by atoms with van der Waals surface area (Å²) in [6.45, 7) is 0. The molecule has 0 bridgehead atoms. The van der Waals surface area contributed by atoms with E-state index in [1.807, 2.05) is 16.8 Å². The minimum atomic E-state index is -0.265. The fourth-order valence-corrected chi connectivity index (χ4v) is 3.24. The van der Waals surface area contributed by atoms with Gasteiger partial charge in [0, 0.05) is 6.20 Å². The van der Waals surface area contributed by atoms with Gasteiger partial charge in [-0.15, -0.1) is 0 Å². The third-order valence-corrected chi connectivity index (χ3v) is 4.49. The van der Waals surface area contributed by atoms with Crippen LogP contribution in [0.15, 0.2) is 24.5 Å². The van der Waals surface area contributed by atoms with Crippen LogP contribution in [0.2, 0.25) is 0 Å². The van der Waals surface area contributed by atoms with Crippen molar-refractivity contribution >= 4 is 28.2 Å². The van der Waals surface area contributed by atoms with Gasteiger partial charge in [-0.2, -0.15) is 5.26 Å². The molecule has 2 aromatic rings. The largest absolute Gasteiger partial charge is 0.295 e. The number of rotatable bonds is 1. The molecule has 0 unspecified atom stereocenters. The van der Waals surface area contributed by atoms with Gasteiger partial charge in [-0.25, -0.2) is 4.98 Å². The van der Waals surface area contributed by atoms with Gasteiger partial charge in [-0.3, -0.25) is 4.40 Å². The summed E-state index contributed by atoms with van der Waals surface area (Å²) in [5, 5.41) is 9.47. The lowest BCUT2D eigenvalue weighted by molar-refractivity contribution is 0.572. The van der Waals surface area contributed by atoms with Crippen LogP contribution in [0, 0.1) is 15.0 Å². The van der Waals surface area contributed by atoms with Gasteiger partial charge in [0.2, 0.25) is 0 Å². The summed E-state index contributed by atoms with van der Waals surface area (Å²) in [7, 11) is 0. The van der Waals surface area contributed by atoms with Crippen molar-refractivity contribution in [3.63, 3.8) is 0 Å². The zero-order chi connectivity index (χ0) is 11.9. The summed E-state index contributed by atoms with van der Waals surface area (Å²) in [5.41, 5.74) is 1.81. The maximum absolute atomic E-state index is 9.47. The van der Waals surface area contributed by atoms with E-state index in [0.717, 1.165) is 40.6 Å². The van der Waals surface area contributed by atoms with Crippen LogP contribution in [0.25, 0.3) is 5.65 Å². The van der Waals surface area contributed by atoms with Gasteiger partial charge in [0.15, 0.2) is 0 Å². The molecule has 0 atom stereocenters. The lowest BCUT2D eigenvalue weighted by Gasteiger charge is -2.20. The number of halogens is 1. The van der Waals surface area contributed by atoms with Crippen molar-refractivity contribution in [3.8, 4) is 6.07 Å². The fourth-order valence-electron chi connectivity index (χ4n) is 2.69. The smallest absolute Gasteiger partial charge is 0.137 e. The van der Waals surface area contributed by atoms with E-state index in [4.69, 9.17) is 0 Å². The van der Waals surface area contributed by atoms with Crippen LogP contribution >= 0.6 is 22.6 Å². The molecule has 0 N–H and O–H groups in total. The van der Waals surface area contributed by atoms with Gasteiger partial charge < -0.3 is 0 Å². The first kappa shape index (κ1) is 11.0. The Kier molecular flexibility index (Phi) is 2.58. The van der Waals surface area contributed by atoms with Crippen molar-refractivity contribution in [1.82, 2.24) is 9.38 Å². The zero-order valence-corrected chi connectivity index (χ0v) is 11.5. The van der Waals surface area contributed by atoms with Crippen molar-refractivity contribution < 1.29 is 0 Å². The molecule has 2 aromatic heterocycles. The third-order valence-electron chi connectivity index (χ3n) is 3.69. The summed E-state index contributed by atoms with van der Waals surface area (Å²) in [6.07, 6.45) is 8.16. The molecular weight excluding hydrogens is 325 g/mol. The molecule has 1 saturated carbocycles. The summed E-state index contributed by atoms with van der Waals surface area (Å²) in [6, 6.07) is 6.67. The molecule has 0 spiro atoms. The molecule has 0 aromatic carbocycles. The van der Waals surface area contributed by atoms with E-state index in [1.54, 1.807) is 0 Å². The predicted octanol–water partition coefficient (Wildman–Crippen LogP) is 3.27. The lowest BCUT2D eigenvalue weighted by atomic mass is 9.81. The van der Waals surface area contributed by atoms with Crippen molar-refractivity contribution in [2.24, 2.45) is 0 Å². The van der Waals surface area contributed by atoms with Crippen molar-refractivity contribution in [1.29, 1.82) is 5.26 Å². The highest BCUT2D eigenvalue weighted by atomic mass is 127. The van der Waals surface area contributed by atoms with Crippen LogP contribution in [0.4, 0.5) is 0 Å². The quantitative estimate of drug-likeness (QED) is 0.750. The summed E-state index contributed by atoms with van der Waals surface area (Å²) >= 11 is 2.26. The predicted molar refractivity (Wildman–Crippen MR) is 73.7 cm³/mol. The molecule has 0 saturated heterocycles. The highest BCUT2D eigenvalue weighted by Crippen LogP contribution is 2.40. The molecule has 17 heavy (non-hydrogen) atoms. The maximum Gasteiger partial charge on any atom is 0.137 e. The Hall–Kier alpha value is -1.09. The van der Waals surface area contributed by atoms with Crippen LogP contribution < -0.4 is 0 Å². The number of hydrogen-bond donors (Lipinski definition) is 0. The molecule has 0 amide bonds. The lowest BCUT2D eigenvalue weighted by Crippen LogP contribution is -2.19. The van der Waals surface area contributed by atoms with Crippen molar-refractivity contribution in [2.75, 3.05) is 0 Å². The Morgan fingerprint density at radius 3 is 2.88 bits per heavy atom. The van der Waals surface area contributed by atoms with Gasteiger partial charge in [0.25, 0.3) is 0 Å². The van der Waals surface area contributed by atoms with E-state index in [0.29, 0.717) is 0 Å². The van der Waals surface area contributed by atoms with Crippen LogP contribution in [-0.2, 0) is 5.41 Å². The Morgan fingerprint density at radius 2 is 2.18 bits per heavy atom. The number of nitrogens with zero attached hydrogens (tertiary/aromatic N) is 3. The molecule has 86 valence electrons. The second kappa shape index (κ2) is 3.98. The average molecular weight is 337 g/mol. The van der Waals surface area contributed by atoms with Crippen LogP contribution in [0.1, 0.15) is 31.2 Å². The van der Waals surface area contributed by atoms with E-state index in [9.17, 15) is 5.26 Å². The number of hydrogen-bond acceptors (Lipinski definition) is 2. The highest BCUT2D eigenvalue weighted by molar-refractivity contribution is 14.1. The van der Waals surface area contributed by atoms with Crippen LogP contribution in [-0.4, -0.2) is 9.38 Å². The molecule has 3 rings (SSSR count). The number of fused-ring (bicyclic) bond motifs is 1. The molecule has 3 nitrogen and oxygen atoms in total. The second-order valence-corrected chi connectivity index (χ2v) is 5.73. The Bertz CT molecular complexity index is 603. The number of nitriles is 1. The highest BCUT2D eigenvalue weighted by Gasteiger charge is 2.35. The average Bonchev–Trinajstić information content (AvgIpc) is 2.97. The Morgan fingerprint density at radius 1 is 1.41 bits per heavy atom. The molecule has 0 radical (unpaired) electrons. The summed E-state index contributed by atoms with van der Waals surface area (Å²) in [5.74, 6) is 0. The Balaban J connectivity index is 2.15. The van der Waals surface area contributed by atoms with Gasteiger partial charge in [-0.1, -0.05) is 12.8 Å². The molecule has 1 aliphatic rings. The first-order valence-electron chi connectivity index (χ1n) is 5.79. The summed E-state index contributed by atoms with van der Waals surface area (Å²) in [4.78, 5) is 4.36. The number of pyridine rings is 1. The van der Waals surface area contributed by atoms with E-state index in [2.05, 4.69) is 45.8 Å². The third kappa shape index (κ3) is 1.64. The fraction of sp³-hybridized carbons (Fsp3) is 0.385. The van der Waals surface area contributed by atoms with Crippen molar-refractivity contribution in [2.45, 2.75) is 31.1 Å². The van der Waals surface area contributed by atoms with Crippen LogP contribution in [0.3, 0.4) is 0 Å². The number of aromatic nitrogens is 2. The van der Waals surface area contributed by atoms with Gasteiger partial charge in [0.1, 0.15) is 9.35 Å². The van der Waals surface area contributed by atoms with Crippen LogP contribution in [0.5, 0.6) is 0 Å². The molecule has 2 heterocycles. The topological polar surface area (TPSA) is 41.1 Å². The normalized spacial score (nSPS) is 18.4. The minimum absolute atomic E-state index is 0.265. The van der Waals surface area contributed by atoms with E-state index in [-0.39, 0.29) is 5.41 Å². The zero-order valence-electron chi connectivity index (χ0n) is 9.36. The molecular formula is C13H12IN3. The molecule has 0 aliphatic heterocycles. The van der Waals surface area contributed by atoms with Gasteiger partial charge in [0.05, 0.1) is 17.7 Å². The standard InChI is InChI=1S/C13H12IN3/c14-11-8-16-12-7-10(3-6-17(11)12)13(9-15)4-1-2-5-13/h3,6-8H,1-2,4-5H2. The Labute approximate surface area is 114 Å². The number of imidazole rings is 1. The monoisotopic (exact) mass is 337 g/mol. The van der Waals surface area contributed by atoms with E-state index < -0.39 is 0 Å². The van der Waals surface area contributed by atoms with E-state index >= 15 is 0 Å². The van der Waals surface area contributed by atoms with Gasteiger partial charge >= 0.3 is 0 Å². The second-order valence-electron chi connectivity index (χ2n) is 4.63. The van der Waals surface area contributed by atoms with Gasteiger partial charge in [-0.05, 0) is 53.1 Å². The van der Waals surface area contributed by atoms with E-state index in [1.165, 1.54) is 0 Å².